The lowest BCUT2D eigenvalue weighted by Gasteiger charge is -2.22. The quantitative estimate of drug-likeness (QED) is 0.608. The first-order valence-electron chi connectivity index (χ1n) is 6.13. The second-order valence-electron chi connectivity index (χ2n) is 4.63. The summed E-state index contributed by atoms with van der Waals surface area (Å²) in [4.78, 5) is 15.3. The summed E-state index contributed by atoms with van der Waals surface area (Å²) >= 11 is 0. The van der Waals surface area contributed by atoms with Gasteiger partial charge >= 0.3 is 5.97 Å². The number of phenols is 2. The summed E-state index contributed by atoms with van der Waals surface area (Å²) in [5.74, 6) is -0.842. The number of aromatic nitrogens is 3. The van der Waals surface area contributed by atoms with Crippen LogP contribution in [0.3, 0.4) is 0 Å². The van der Waals surface area contributed by atoms with Crippen LogP contribution in [-0.2, 0) is 4.79 Å². The first kappa shape index (κ1) is 13.0. The molecule has 21 heavy (non-hydrogen) atoms. The minimum absolute atomic E-state index is 0.0209. The Balaban J connectivity index is 2.14. The standard InChI is InChI=1S/C13H12N4O4/c1-6-14-13-15-8(12(20)21)5-9(17(13)16-6)7-2-3-10(18)11(19)4-7/h2-5,9,18-19H,1H3,(H,20,21)(H,14,15,16)/t9-/m0/s1. The molecule has 1 aromatic heterocycles. The molecule has 2 aromatic rings. The number of allylic oxidation sites excluding steroid dienone is 1. The molecule has 0 spiro atoms. The van der Waals surface area contributed by atoms with E-state index in [1.54, 1.807) is 13.0 Å². The molecule has 0 unspecified atom stereocenters. The third-order valence-corrected chi connectivity index (χ3v) is 3.14. The summed E-state index contributed by atoms with van der Waals surface area (Å²) in [6.07, 6.45) is 1.47. The van der Waals surface area contributed by atoms with Crippen LogP contribution in [0.15, 0.2) is 30.0 Å². The van der Waals surface area contributed by atoms with Crippen molar-refractivity contribution in [3.05, 3.63) is 41.4 Å². The molecule has 1 aliphatic heterocycles. The third-order valence-electron chi connectivity index (χ3n) is 3.14. The molecule has 0 fully saturated rings. The SMILES string of the molecule is Cc1nc2n(n1)[C@H](c1ccc(O)c(O)c1)C=C(C(=O)O)N2. The number of aliphatic carboxylic acids is 1. The maximum Gasteiger partial charge on any atom is 0.352 e. The Morgan fingerprint density at radius 3 is 2.76 bits per heavy atom. The normalized spacial score (nSPS) is 16.8. The lowest BCUT2D eigenvalue weighted by molar-refractivity contribution is -0.132. The number of aromatic hydroxyl groups is 2. The van der Waals surface area contributed by atoms with Gasteiger partial charge in [-0.15, -0.1) is 0 Å². The van der Waals surface area contributed by atoms with Crippen molar-refractivity contribution < 1.29 is 20.1 Å². The number of anilines is 1. The van der Waals surface area contributed by atoms with Crippen molar-refractivity contribution in [3.8, 4) is 11.5 Å². The van der Waals surface area contributed by atoms with Gasteiger partial charge in [0, 0.05) is 0 Å². The molecule has 1 aromatic carbocycles. The van der Waals surface area contributed by atoms with E-state index >= 15 is 0 Å². The summed E-state index contributed by atoms with van der Waals surface area (Å²) in [6, 6.07) is 3.74. The highest BCUT2D eigenvalue weighted by molar-refractivity contribution is 5.90. The number of rotatable bonds is 2. The van der Waals surface area contributed by atoms with Crippen molar-refractivity contribution in [1.82, 2.24) is 14.8 Å². The van der Waals surface area contributed by atoms with Crippen LogP contribution in [0, 0.1) is 6.92 Å². The maximum atomic E-state index is 11.2. The smallest absolute Gasteiger partial charge is 0.352 e. The number of carboxylic acid groups (broad SMARTS) is 1. The van der Waals surface area contributed by atoms with E-state index in [9.17, 15) is 15.0 Å². The first-order chi connectivity index (χ1) is 9.95. The van der Waals surface area contributed by atoms with Crippen molar-refractivity contribution in [1.29, 1.82) is 0 Å². The molecule has 4 N–H and O–H groups in total. The Morgan fingerprint density at radius 2 is 2.10 bits per heavy atom. The topological polar surface area (TPSA) is 121 Å². The second kappa shape index (κ2) is 4.51. The van der Waals surface area contributed by atoms with Crippen LogP contribution in [0.4, 0.5) is 5.95 Å². The van der Waals surface area contributed by atoms with Crippen LogP contribution < -0.4 is 5.32 Å². The zero-order chi connectivity index (χ0) is 15.1. The summed E-state index contributed by atoms with van der Waals surface area (Å²) in [5, 5.41) is 35.0. The van der Waals surface area contributed by atoms with E-state index in [-0.39, 0.29) is 17.2 Å². The molecular formula is C13H12N4O4. The number of hydrogen-bond acceptors (Lipinski definition) is 6. The molecule has 3 rings (SSSR count). The molecule has 1 atom stereocenters. The molecule has 0 radical (unpaired) electrons. The number of fused-ring (bicyclic) bond motifs is 1. The molecule has 0 amide bonds. The molecule has 108 valence electrons. The average Bonchev–Trinajstić information content (AvgIpc) is 2.80. The Hall–Kier alpha value is -3.03. The monoisotopic (exact) mass is 288 g/mol. The molecule has 0 bridgehead atoms. The van der Waals surface area contributed by atoms with Crippen LogP contribution in [0.1, 0.15) is 17.4 Å². The number of hydrogen-bond donors (Lipinski definition) is 4. The Labute approximate surface area is 119 Å². The lowest BCUT2D eigenvalue weighted by Crippen LogP contribution is -2.24. The van der Waals surface area contributed by atoms with Gasteiger partial charge in [0.15, 0.2) is 11.5 Å². The molecule has 8 heteroatoms. The van der Waals surface area contributed by atoms with Gasteiger partial charge in [0.1, 0.15) is 17.6 Å². The van der Waals surface area contributed by atoms with Crippen molar-refractivity contribution in [2.45, 2.75) is 13.0 Å². The number of carboxylic acids is 1. The fraction of sp³-hybridized carbons (Fsp3) is 0.154. The van der Waals surface area contributed by atoms with E-state index in [0.717, 1.165) is 0 Å². The molecule has 2 heterocycles. The number of phenolic OH excluding ortho intramolecular Hbond substituents is 2. The van der Waals surface area contributed by atoms with Gasteiger partial charge in [0.2, 0.25) is 5.95 Å². The van der Waals surface area contributed by atoms with Gasteiger partial charge in [-0.2, -0.15) is 10.1 Å². The van der Waals surface area contributed by atoms with E-state index in [1.807, 2.05) is 0 Å². The fourth-order valence-electron chi connectivity index (χ4n) is 2.19. The Kier molecular flexibility index (Phi) is 2.79. The Bertz CT molecular complexity index is 766. The zero-order valence-electron chi connectivity index (χ0n) is 11.0. The number of benzene rings is 1. The summed E-state index contributed by atoms with van der Waals surface area (Å²) < 4.78 is 1.52. The van der Waals surface area contributed by atoms with Crippen molar-refractivity contribution in [3.63, 3.8) is 0 Å². The van der Waals surface area contributed by atoms with Crippen molar-refractivity contribution in [2.75, 3.05) is 5.32 Å². The molecule has 8 nitrogen and oxygen atoms in total. The van der Waals surface area contributed by atoms with Gasteiger partial charge in [-0.1, -0.05) is 6.07 Å². The van der Waals surface area contributed by atoms with Crippen molar-refractivity contribution >= 4 is 11.9 Å². The van der Waals surface area contributed by atoms with Crippen LogP contribution >= 0.6 is 0 Å². The predicted molar refractivity (Wildman–Crippen MR) is 72.0 cm³/mol. The first-order valence-corrected chi connectivity index (χ1v) is 6.13. The van der Waals surface area contributed by atoms with E-state index in [1.165, 1.54) is 22.9 Å². The van der Waals surface area contributed by atoms with Gasteiger partial charge in [0.05, 0.1) is 0 Å². The van der Waals surface area contributed by atoms with Gasteiger partial charge < -0.3 is 20.6 Å². The minimum Gasteiger partial charge on any atom is -0.504 e. The lowest BCUT2D eigenvalue weighted by atomic mass is 10.0. The molecular weight excluding hydrogens is 276 g/mol. The summed E-state index contributed by atoms with van der Waals surface area (Å²) in [5.41, 5.74) is 0.559. The highest BCUT2D eigenvalue weighted by atomic mass is 16.4. The fourth-order valence-corrected chi connectivity index (χ4v) is 2.19. The number of nitrogens with one attached hydrogen (secondary N) is 1. The molecule has 0 saturated carbocycles. The molecule has 0 aliphatic carbocycles. The van der Waals surface area contributed by atoms with Crippen LogP contribution in [0.2, 0.25) is 0 Å². The van der Waals surface area contributed by atoms with E-state index in [0.29, 0.717) is 17.3 Å². The van der Waals surface area contributed by atoms with Gasteiger partial charge in [-0.05, 0) is 30.7 Å². The number of nitrogens with zero attached hydrogens (tertiary/aromatic N) is 3. The third kappa shape index (κ3) is 2.16. The van der Waals surface area contributed by atoms with Gasteiger partial charge in [-0.3, -0.25) is 0 Å². The zero-order valence-corrected chi connectivity index (χ0v) is 11.0. The van der Waals surface area contributed by atoms with Crippen LogP contribution in [-0.4, -0.2) is 36.1 Å². The highest BCUT2D eigenvalue weighted by Gasteiger charge is 2.26. The van der Waals surface area contributed by atoms with Gasteiger partial charge in [0.25, 0.3) is 0 Å². The molecule has 1 aliphatic rings. The van der Waals surface area contributed by atoms with Crippen LogP contribution in [0.25, 0.3) is 0 Å². The minimum atomic E-state index is -1.12. The number of aryl methyl sites for hydroxylation is 1. The average molecular weight is 288 g/mol. The van der Waals surface area contributed by atoms with Crippen molar-refractivity contribution in [2.24, 2.45) is 0 Å². The van der Waals surface area contributed by atoms with E-state index < -0.39 is 12.0 Å². The van der Waals surface area contributed by atoms with E-state index in [2.05, 4.69) is 15.4 Å². The highest BCUT2D eigenvalue weighted by Crippen LogP contribution is 2.33. The summed E-state index contributed by atoms with van der Waals surface area (Å²) in [6.45, 7) is 1.69. The van der Waals surface area contributed by atoms with Gasteiger partial charge in [-0.25, -0.2) is 9.48 Å². The number of carbonyl (C=O) groups is 1. The predicted octanol–water partition coefficient (Wildman–Crippen LogP) is 0.981. The van der Waals surface area contributed by atoms with E-state index in [4.69, 9.17) is 5.11 Å². The largest absolute Gasteiger partial charge is 0.504 e. The second-order valence-corrected chi connectivity index (χ2v) is 4.63. The molecule has 0 saturated heterocycles. The summed E-state index contributed by atoms with van der Waals surface area (Å²) in [7, 11) is 0. The van der Waals surface area contributed by atoms with Crippen LogP contribution in [0.5, 0.6) is 11.5 Å². The maximum absolute atomic E-state index is 11.2. The Morgan fingerprint density at radius 1 is 1.33 bits per heavy atom.